The van der Waals surface area contributed by atoms with Gasteiger partial charge in [-0.3, -0.25) is 37.3 Å². The predicted octanol–water partition coefficient (Wildman–Crippen LogP) is 23.4. The molecule has 0 heterocycles. The van der Waals surface area contributed by atoms with Crippen LogP contribution in [0, 0.1) is 17.8 Å². The van der Waals surface area contributed by atoms with Crippen molar-refractivity contribution >= 4 is 39.5 Å². The third-order valence-electron chi connectivity index (χ3n) is 19.1. The van der Waals surface area contributed by atoms with E-state index < -0.39 is 97.5 Å². The normalized spacial score (nSPS) is 14.6. The number of ether oxygens (including phenoxy) is 4. The van der Waals surface area contributed by atoms with Crippen LogP contribution in [0.2, 0.25) is 0 Å². The van der Waals surface area contributed by atoms with Crippen molar-refractivity contribution in [1.82, 2.24) is 0 Å². The highest BCUT2D eigenvalue weighted by molar-refractivity contribution is 7.47. The Morgan fingerprint density at radius 1 is 0.296 bits per heavy atom. The SMILES string of the molecule is CCCCCCCCCCC(=O)OC[C@H](COP(=O)(O)OC[C@H](O)COP(=O)(O)OC[C@@H](COC(=O)CCCCCCCCCCCCCCCCCC(C)C)OC(=O)CCCCCCCCCCCCCCCCCCCCC(C)CC)OC(=O)CCCCCCCCC(C)CC. The first-order valence-electron chi connectivity index (χ1n) is 40.9. The molecule has 3 N–H and O–H groups in total. The summed E-state index contributed by atoms with van der Waals surface area (Å²) in [5.74, 6) is 0.277. The van der Waals surface area contributed by atoms with Gasteiger partial charge >= 0.3 is 39.5 Å². The maximum atomic E-state index is 13.1. The monoisotopic (exact) mass is 1440 g/mol. The Morgan fingerprint density at radius 2 is 0.520 bits per heavy atom. The number of phosphoric ester groups is 2. The Morgan fingerprint density at radius 3 is 0.776 bits per heavy atom. The molecule has 0 radical (unpaired) electrons. The third-order valence-corrected chi connectivity index (χ3v) is 21.0. The van der Waals surface area contributed by atoms with Crippen molar-refractivity contribution in [2.24, 2.45) is 17.8 Å². The molecule has 0 saturated heterocycles. The Bertz CT molecular complexity index is 1910. The fourth-order valence-electron chi connectivity index (χ4n) is 12.1. The van der Waals surface area contributed by atoms with Gasteiger partial charge in [0.25, 0.3) is 0 Å². The largest absolute Gasteiger partial charge is 0.472 e. The van der Waals surface area contributed by atoms with Crippen molar-refractivity contribution < 1.29 is 80.2 Å². The second kappa shape index (κ2) is 69.4. The molecule has 0 amide bonds. The fourth-order valence-corrected chi connectivity index (χ4v) is 13.6. The molecule has 0 fully saturated rings. The Kier molecular flexibility index (Phi) is 68.1. The van der Waals surface area contributed by atoms with E-state index in [1.165, 1.54) is 212 Å². The van der Waals surface area contributed by atoms with E-state index in [2.05, 4.69) is 48.5 Å². The van der Waals surface area contributed by atoms with E-state index in [-0.39, 0.29) is 25.7 Å². The van der Waals surface area contributed by atoms with Gasteiger partial charge < -0.3 is 33.8 Å². The number of aliphatic hydroxyl groups is 1. The van der Waals surface area contributed by atoms with E-state index in [0.717, 1.165) is 114 Å². The van der Waals surface area contributed by atoms with Crippen LogP contribution in [0.1, 0.15) is 408 Å². The molecule has 0 rings (SSSR count). The molecule has 0 aromatic heterocycles. The van der Waals surface area contributed by atoms with Gasteiger partial charge in [-0.15, -0.1) is 0 Å². The highest BCUT2D eigenvalue weighted by Gasteiger charge is 2.30. The molecule has 0 aliphatic heterocycles. The first kappa shape index (κ1) is 96.1. The Labute approximate surface area is 600 Å². The number of aliphatic hydroxyl groups excluding tert-OH is 1. The van der Waals surface area contributed by atoms with Gasteiger partial charge in [0.15, 0.2) is 12.2 Å². The van der Waals surface area contributed by atoms with Crippen molar-refractivity contribution in [2.45, 2.75) is 426 Å². The molecule has 0 spiro atoms. The van der Waals surface area contributed by atoms with Crippen molar-refractivity contribution in [3.05, 3.63) is 0 Å². The maximum absolute atomic E-state index is 13.1. The summed E-state index contributed by atoms with van der Waals surface area (Å²) in [5, 5.41) is 10.6. The van der Waals surface area contributed by atoms with Gasteiger partial charge in [0.2, 0.25) is 0 Å². The van der Waals surface area contributed by atoms with Gasteiger partial charge in [0.1, 0.15) is 19.3 Å². The second-order valence-corrected chi connectivity index (χ2v) is 32.3. The minimum atomic E-state index is -4.96. The van der Waals surface area contributed by atoms with E-state index in [1.54, 1.807) is 0 Å². The topological polar surface area (TPSA) is 237 Å². The van der Waals surface area contributed by atoms with Gasteiger partial charge in [-0.1, -0.05) is 357 Å². The average molecular weight is 1440 g/mol. The quantitative estimate of drug-likeness (QED) is 0.0222. The number of rotatable bonds is 77. The number of hydrogen-bond donors (Lipinski definition) is 3. The molecule has 98 heavy (non-hydrogen) atoms. The van der Waals surface area contributed by atoms with Crippen LogP contribution in [0.3, 0.4) is 0 Å². The lowest BCUT2D eigenvalue weighted by atomic mass is 9.99. The maximum Gasteiger partial charge on any atom is 0.472 e. The summed E-state index contributed by atoms with van der Waals surface area (Å²) in [6.07, 6.45) is 57.1. The van der Waals surface area contributed by atoms with Crippen LogP contribution in [0.4, 0.5) is 0 Å². The van der Waals surface area contributed by atoms with Crippen molar-refractivity contribution in [1.29, 1.82) is 0 Å². The molecular formula is C79H154O17P2. The van der Waals surface area contributed by atoms with Gasteiger partial charge in [0.05, 0.1) is 26.4 Å². The summed E-state index contributed by atoms with van der Waals surface area (Å²) in [6, 6.07) is 0. The summed E-state index contributed by atoms with van der Waals surface area (Å²) >= 11 is 0. The number of hydrogen-bond acceptors (Lipinski definition) is 15. The number of unbranched alkanes of at least 4 members (excludes halogenated alkanes) is 43. The van der Waals surface area contributed by atoms with E-state index in [9.17, 15) is 43.2 Å². The summed E-state index contributed by atoms with van der Waals surface area (Å²) in [6.45, 7) is 11.9. The second-order valence-electron chi connectivity index (χ2n) is 29.4. The average Bonchev–Trinajstić information content (AvgIpc) is 1.94. The van der Waals surface area contributed by atoms with E-state index >= 15 is 0 Å². The van der Waals surface area contributed by atoms with Gasteiger partial charge in [-0.05, 0) is 43.4 Å². The van der Waals surface area contributed by atoms with E-state index in [0.29, 0.717) is 25.7 Å². The smallest absolute Gasteiger partial charge is 0.462 e. The van der Waals surface area contributed by atoms with Crippen LogP contribution in [0.5, 0.6) is 0 Å². The molecule has 0 aromatic carbocycles. The lowest BCUT2D eigenvalue weighted by Crippen LogP contribution is -2.30. The zero-order chi connectivity index (χ0) is 72.3. The fraction of sp³-hybridized carbons (Fsp3) is 0.949. The minimum Gasteiger partial charge on any atom is -0.462 e. The first-order chi connectivity index (χ1) is 47.3. The van der Waals surface area contributed by atoms with Crippen LogP contribution in [0.15, 0.2) is 0 Å². The first-order valence-corrected chi connectivity index (χ1v) is 43.9. The highest BCUT2D eigenvalue weighted by atomic mass is 31.2. The molecule has 0 bridgehead atoms. The minimum absolute atomic E-state index is 0.103. The van der Waals surface area contributed by atoms with Crippen molar-refractivity contribution in [2.75, 3.05) is 39.6 Å². The molecule has 582 valence electrons. The summed E-state index contributed by atoms with van der Waals surface area (Å²) in [7, 11) is -9.91. The number of carbonyl (C=O) groups excluding carboxylic acids is 4. The van der Waals surface area contributed by atoms with Crippen molar-refractivity contribution in [3.63, 3.8) is 0 Å². The molecule has 0 aliphatic carbocycles. The number of carbonyl (C=O) groups is 4. The molecule has 0 saturated carbocycles. The van der Waals surface area contributed by atoms with E-state index in [1.807, 2.05) is 0 Å². The zero-order valence-corrected chi connectivity index (χ0v) is 66.0. The molecule has 7 atom stereocenters. The molecule has 4 unspecified atom stereocenters. The third kappa shape index (κ3) is 69.8. The Balaban J connectivity index is 5.17. The summed E-state index contributed by atoms with van der Waals surface area (Å²) in [4.78, 5) is 72.8. The standard InChI is InChI=1S/C79H154O17P2/c1-8-11-12-13-14-38-46-53-60-76(81)89-67-75(96-79(84)63-56-49-42-41-45-52-59-72(7)10-3)69-94-98(87,88)92-65-73(80)64-91-97(85,86)93-68-74(66-90-77(82)61-54-47-39-34-30-26-23-19-20-24-28-32-36-43-50-57-70(4)5)95-78(83)62-55-48-40-35-31-27-22-18-16-15-17-21-25-29-33-37-44-51-58-71(6)9-2/h70-75,80H,8-69H2,1-7H3,(H,85,86)(H,87,88)/t71?,72?,73-,74-,75-/m1/s1. The lowest BCUT2D eigenvalue weighted by molar-refractivity contribution is -0.161. The van der Waals surface area contributed by atoms with Crippen LogP contribution in [0.25, 0.3) is 0 Å². The summed E-state index contributed by atoms with van der Waals surface area (Å²) < 4.78 is 68.5. The lowest BCUT2D eigenvalue weighted by Gasteiger charge is -2.21. The molecule has 17 nitrogen and oxygen atoms in total. The Hall–Kier alpha value is -1.94. The van der Waals surface area contributed by atoms with Crippen LogP contribution in [-0.2, 0) is 65.4 Å². The zero-order valence-electron chi connectivity index (χ0n) is 64.3. The molecule has 19 heteroatoms. The molecule has 0 aliphatic rings. The van der Waals surface area contributed by atoms with Crippen LogP contribution in [-0.4, -0.2) is 96.7 Å². The highest BCUT2D eigenvalue weighted by Crippen LogP contribution is 2.45. The summed E-state index contributed by atoms with van der Waals surface area (Å²) in [5.41, 5.74) is 0. The number of phosphoric acid groups is 2. The van der Waals surface area contributed by atoms with Gasteiger partial charge in [-0.2, -0.15) is 0 Å². The van der Waals surface area contributed by atoms with Gasteiger partial charge in [-0.25, -0.2) is 9.13 Å². The van der Waals surface area contributed by atoms with Crippen LogP contribution >= 0.6 is 15.6 Å². The predicted molar refractivity (Wildman–Crippen MR) is 400 cm³/mol. The number of esters is 4. The van der Waals surface area contributed by atoms with Crippen molar-refractivity contribution in [3.8, 4) is 0 Å². The molecular weight excluding hydrogens is 1280 g/mol. The molecule has 0 aromatic rings. The van der Waals surface area contributed by atoms with E-state index in [4.69, 9.17) is 37.0 Å². The van der Waals surface area contributed by atoms with Crippen LogP contribution < -0.4 is 0 Å². The van der Waals surface area contributed by atoms with Gasteiger partial charge in [0, 0.05) is 25.7 Å².